The minimum atomic E-state index is -0.471. The van der Waals surface area contributed by atoms with E-state index in [2.05, 4.69) is 20.2 Å². The van der Waals surface area contributed by atoms with Crippen molar-refractivity contribution in [3.63, 3.8) is 0 Å². The number of para-hydroxylation sites is 1. The molecular formula is C30H30FN5O4. The molecule has 3 aromatic carbocycles. The monoisotopic (exact) mass is 543 g/mol. The van der Waals surface area contributed by atoms with E-state index < -0.39 is 5.56 Å². The van der Waals surface area contributed by atoms with Gasteiger partial charge in [0.2, 0.25) is 0 Å². The Labute approximate surface area is 230 Å². The largest absolute Gasteiger partial charge is 0.497 e. The van der Waals surface area contributed by atoms with Crippen LogP contribution in [0.3, 0.4) is 0 Å². The molecule has 0 saturated carbocycles. The van der Waals surface area contributed by atoms with E-state index in [0.717, 1.165) is 13.1 Å². The molecule has 0 bridgehead atoms. The molecule has 0 radical (unpaired) electrons. The summed E-state index contributed by atoms with van der Waals surface area (Å²) in [5, 5.41) is 2.92. The smallest absolute Gasteiger partial charge is 0.270 e. The topological polar surface area (TPSA) is 108 Å². The number of carbonyl (C=O) groups is 2. The average Bonchev–Trinajstić information content (AvgIpc) is 2.98. The maximum atomic E-state index is 14.1. The number of ether oxygens (including phenoxy) is 1. The number of amides is 1. The summed E-state index contributed by atoms with van der Waals surface area (Å²) in [5.74, 6) is -0.0675. The first-order valence-electron chi connectivity index (χ1n) is 13.1. The van der Waals surface area contributed by atoms with Crippen LogP contribution in [0.15, 0.2) is 71.5 Å². The number of nitrogens with zero attached hydrogens (tertiary/aromatic N) is 3. The molecule has 2 N–H and O–H groups in total. The van der Waals surface area contributed by atoms with Crippen LogP contribution in [-0.4, -0.2) is 72.9 Å². The minimum absolute atomic E-state index is 0.112. The molecular weight excluding hydrogens is 513 g/mol. The lowest BCUT2D eigenvalue weighted by molar-refractivity contribution is 0.0946. The van der Waals surface area contributed by atoms with Gasteiger partial charge < -0.3 is 19.9 Å². The number of H-pyrrole nitrogens is 1. The molecule has 40 heavy (non-hydrogen) atoms. The Balaban J connectivity index is 1.15. The molecule has 0 spiro atoms. The zero-order valence-corrected chi connectivity index (χ0v) is 22.2. The Morgan fingerprint density at radius 3 is 2.45 bits per heavy atom. The van der Waals surface area contributed by atoms with Gasteiger partial charge in [-0.25, -0.2) is 9.37 Å². The molecule has 1 aromatic heterocycles. The molecule has 1 amide bonds. The molecule has 0 atom stereocenters. The normalized spacial score (nSPS) is 13.8. The summed E-state index contributed by atoms with van der Waals surface area (Å²) in [5.41, 5.74) is 2.03. The molecule has 0 aliphatic carbocycles. The van der Waals surface area contributed by atoms with Gasteiger partial charge in [0.1, 0.15) is 17.3 Å². The number of nitrogens with one attached hydrogen (secondary N) is 2. The van der Waals surface area contributed by atoms with Crippen LogP contribution in [0.5, 0.6) is 5.75 Å². The molecule has 2 heterocycles. The summed E-state index contributed by atoms with van der Waals surface area (Å²) in [6.07, 6.45) is -0.144. The molecule has 4 aromatic rings. The summed E-state index contributed by atoms with van der Waals surface area (Å²) >= 11 is 0. The Bertz CT molecular complexity index is 1580. The number of rotatable bonds is 9. The van der Waals surface area contributed by atoms with E-state index in [4.69, 9.17) is 4.74 Å². The van der Waals surface area contributed by atoms with Gasteiger partial charge in [-0.2, -0.15) is 0 Å². The number of aromatic amines is 1. The van der Waals surface area contributed by atoms with Crippen LogP contribution >= 0.6 is 0 Å². The highest BCUT2D eigenvalue weighted by Gasteiger charge is 2.19. The van der Waals surface area contributed by atoms with E-state index >= 15 is 0 Å². The Morgan fingerprint density at radius 2 is 1.73 bits per heavy atom. The average molecular weight is 544 g/mol. The number of methoxy groups -OCH3 is 1. The maximum Gasteiger partial charge on any atom is 0.270 e. The highest BCUT2D eigenvalue weighted by atomic mass is 19.1. The SMILES string of the molecule is COc1ccc(C(=O)Cc2nc3ccc(C(=O)NCCN4CCN(c5ccccc5F)CC4)cc3[nH]c2=O)cc1. The minimum Gasteiger partial charge on any atom is -0.497 e. The van der Waals surface area contributed by atoms with Crippen molar-refractivity contribution in [1.82, 2.24) is 20.2 Å². The molecule has 5 rings (SSSR count). The number of ketones is 1. The van der Waals surface area contributed by atoms with E-state index in [0.29, 0.717) is 59.8 Å². The van der Waals surface area contributed by atoms with E-state index in [1.807, 2.05) is 11.0 Å². The van der Waals surface area contributed by atoms with Crippen molar-refractivity contribution >= 4 is 28.4 Å². The number of fused-ring (bicyclic) bond motifs is 1. The molecule has 206 valence electrons. The molecule has 0 unspecified atom stereocenters. The van der Waals surface area contributed by atoms with Gasteiger partial charge in [-0.3, -0.25) is 19.3 Å². The van der Waals surface area contributed by atoms with Gasteiger partial charge >= 0.3 is 0 Å². The number of benzene rings is 3. The highest BCUT2D eigenvalue weighted by molar-refractivity contribution is 5.98. The number of hydrogen-bond donors (Lipinski definition) is 2. The Kier molecular flexibility index (Phi) is 8.16. The molecule has 10 heteroatoms. The summed E-state index contributed by atoms with van der Waals surface area (Å²) in [4.78, 5) is 49.4. The van der Waals surface area contributed by atoms with Crippen molar-refractivity contribution < 1.29 is 18.7 Å². The third kappa shape index (κ3) is 6.18. The van der Waals surface area contributed by atoms with Gasteiger partial charge in [0.25, 0.3) is 11.5 Å². The number of piperazine rings is 1. The van der Waals surface area contributed by atoms with Crippen molar-refractivity contribution in [2.24, 2.45) is 0 Å². The Morgan fingerprint density at radius 1 is 1.00 bits per heavy atom. The first kappa shape index (κ1) is 27.0. The van der Waals surface area contributed by atoms with Gasteiger partial charge in [0.05, 0.1) is 30.3 Å². The Hall–Kier alpha value is -4.57. The maximum absolute atomic E-state index is 14.1. The molecule has 1 aliphatic rings. The van der Waals surface area contributed by atoms with Crippen molar-refractivity contribution in [3.05, 3.63) is 99.7 Å². The van der Waals surface area contributed by atoms with E-state index in [-0.39, 0.29) is 29.6 Å². The number of hydrogen-bond acceptors (Lipinski definition) is 7. The van der Waals surface area contributed by atoms with Crippen LogP contribution in [0.25, 0.3) is 11.0 Å². The van der Waals surface area contributed by atoms with Crippen molar-refractivity contribution in [3.8, 4) is 5.75 Å². The van der Waals surface area contributed by atoms with Crippen molar-refractivity contribution in [1.29, 1.82) is 0 Å². The standard InChI is InChI=1S/C30H30FN5O4/c1-40-22-9-6-20(7-10-22)28(37)19-26-30(39)34-25-18-21(8-11-24(25)33-26)29(38)32-12-13-35-14-16-36(17-15-35)27-5-3-2-4-23(27)31/h2-11,18H,12-17,19H2,1H3,(H,32,38)(H,34,39). The number of aromatic nitrogens is 2. The summed E-state index contributed by atoms with van der Waals surface area (Å²) in [6.45, 7) is 4.11. The van der Waals surface area contributed by atoms with E-state index in [1.165, 1.54) is 6.07 Å². The highest BCUT2D eigenvalue weighted by Crippen LogP contribution is 2.20. The second-order valence-electron chi connectivity index (χ2n) is 9.61. The predicted molar refractivity (Wildman–Crippen MR) is 151 cm³/mol. The lowest BCUT2D eigenvalue weighted by atomic mass is 10.1. The third-order valence-electron chi connectivity index (χ3n) is 7.04. The first-order chi connectivity index (χ1) is 19.4. The van der Waals surface area contributed by atoms with Gasteiger partial charge in [0, 0.05) is 50.4 Å². The zero-order chi connectivity index (χ0) is 28.1. The van der Waals surface area contributed by atoms with Gasteiger partial charge in [-0.15, -0.1) is 0 Å². The summed E-state index contributed by atoms with van der Waals surface area (Å²) < 4.78 is 19.2. The predicted octanol–water partition coefficient (Wildman–Crippen LogP) is 3.05. The summed E-state index contributed by atoms with van der Waals surface area (Å²) in [7, 11) is 1.55. The van der Waals surface area contributed by atoms with Crippen molar-refractivity contribution in [2.45, 2.75) is 6.42 Å². The fourth-order valence-corrected chi connectivity index (χ4v) is 4.77. The lowest BCUT2D eigenvalue weighted by Gasteiger charge is -2.36. The summed E-state index contributed by atoms with van der Waals surface area (Å²) in [6, 6.07) is 18.3. The van der Waals surface area contributed by atoms with Crippen LogP contribution in [0, 0.1) is 5.82 Å². The van der Waals surface area contributed by atoms with Crippen LogP contribution < -0.4 is 20.5 Å². The van der Waals surface area contributed by atoms with Gasteiger partial charge in [-0.05, 0) is 54.6 Å². The van der Waals surface area contributed by atoms with E-state index in [1.54, 1.807) is 61.7 Å². The zero-order valence-electron chi connectivity index (χ0n) is 22.2. The van der Waals surface area contributed by atoms with Crippen molar-refractivity contribution in [2.75, 3.05) is 51.3 Å². The fourth-order valence-electron chi connectivity index (χ4n) is 4.77. The van der Waals surface area contributed by atoms with Crippen LogP contribution in [0.2, 0.25) is 0 Å². The van der Waals surface area contributed by atoms with Crippen LogP contribution in [-0.2, 0) is 6.42 Å². The molecule has 1 fully saturated rings. The third-order valence-corrected chi connectivity index (χ3v) is 7.04. The number of carbonyl (C=O) groups excluding carboxylic acids is 2. The van der Waals surface area contributed by atoms with Crippen LogP contribution in [0.1, 0.15) is 26.4 Å². The second kappa shape index (κ2) is 12.1. The quantitative estimate of drug-likeness (QED) is 0.313. The first-order valence-corrected chi connectivity index (χ1v) is 13.1. The fraction of sp³-hybridized carbons (Fsp3) is 0.267. The van der Waals surface area contributed by atoms with Gasteiger partial charge in [-0.1, -0.05) is 12.1 Å². The van der Waals surface area contributed by atoms with Crippen LogP contribution in [0.4, 0.5) is 10.1 Å². The molecule has 1 saturated heterocycles. The van der Waals surface area contributed by atoms with Gasteiger partial charge in [0.15, 0.2) is 5.78 Å². The number of anilines is 1. The number of Topliss-reactive ketones (excluding diaryl/α,β-unsaturated/α-hetero) is 1. The second-order valence-corrected chi connectivity index (χ2v) is 9.61. The molecule has 1 aliphatic heterocycles. The lowest BCUT2D eigenvalue weighted by Crippen LogP contribution is -2.48. The van der Waals surface area contributed by atoms with E-state index in [9.17, 15) is 18.8 Å². The number of halogens is 1. The molecule has 9 nitrogen and oxygen atoms in total.